The van der Waals surface area contributed by atoms with Crippen LogP contribution in [-0.2, 0) is 6.42 Å². The van der Waals surface area contributed by atoms with Crippen LogP contribution in [0.15, 0.2) is 76.2 Å². The quantitative estimate of drug-likeness (QED) is 0.398. The molecule has 0 bridgehead atoms. The summed E-state index contributed by atoms with van der Waals surface area (Å²) in [6, 6.07) is 16.9. The zero-order chi connectivity index (χ0) is 25.0. The van der Waals surface area contributed by atoms with Crippen molar-refractivity contribution in [3.63, 3.8) is 0 Å². The Bertz CT molecular complexity index is 1750. The molecule has 0 unspecified atom stereocenters. The fourth-order valence-electron chi connectivity index (χ4n) is 4.46. The molecule has 4 N–H and O–H groups in total. The summed E-state index contributed by atoms with van der Waals surface area (Å²) in [5.74, 6) is -0.909. The number of hydrogen-bond acceptors (Lipinski definition) is 7. The number of primary amides is 1. The second kappa shape index (κ2) is 7.94. The predicted molar refractivity (Wildman–Crippen MR) is 131 cm³/mol. The molecule has 5 aromatic rings. The van der Waals surface area contributed by atoms with Gasteiger partial charge in [-0.05, 0) is 54.4 Å². The molecule has 0 atom stereocenters. The summed E-state index contributed by atoms with van der Waals surface area (Å²) in [7, 11) is 0. The Balaban J connectivity index is 1.41. The van der Waals surface area contributed by atoms with Gasteiger partial charge in [0.15, 0.2) is 17.1 Å². The molecule has 178 valence electrons. The van der Waals surface area contributed by atoms with E-state index in [9.17, 15) is 14.4 Å². The van der Waals surface area contributed by atoms with Crippen molar-refractivity contribution in [3.8, 4) is 11.4 Å². The summed E-state index contributed by atoms with van der Waals surface area (Å²) >= 11 is 0. The third kappa shape index (κ3) is 3.33. The molecule has 0 fully saturated rings. The van der Waals surface area contributed by atoms with Crippen LogP contribution in [0.3, 0.4) is 0 Å². The molecule has 0 spiro atoms. The molecule has 36 heavy (non-hydrogen) atoms. The Morgan fingerprint density at radius 3 is 2.64 bits per heavy atom. The van der Waals surface area contributed by atoms with Gasteiger partial charge in [-0.25, -0.2) is 4.68 Å². The summed E-state index contributed by atoms with van der Waals surface area (Å²) in [6.07, 6.45) is 2.31. The van der Waals surface area contributed by atoms with Crippen molar-refractivity contribution in [3.05, 3.63) is 94.2 Å². The highest BCUT2D eigenvalue weighted by Gasteiger charge is 2.30. The fourth-order valence-corrected chi connectivity index (χ4v) is 4.46. The lowest BCUT2D eigenvalue weighted by atomic mass is 10.1. The van der Waals surface area contributed by atoms with E-state index in [4.69, 9.17) is 16.0 Å². The standard InChI is InChI=1S/C25H19N7O4/c26-23-17-12-16(5-7-21(17)36-29-23)32-20(13-18(28-32)24(27)34)25(35)31-10-8-14-11-15(4-6-19(14)31)30-9-2-1-3-22(30)33/h1-7,9,11-13H,8,10H2,(H2,26,29)(H2,27,34). The van der Waals surface area contributed by atoms with Crippen molar-refractivity contribution in [2.75, 3.05) is 17.2 Å². The number of nitrogens with zero attached hydrogens (tertiary/aromatic N) is 5. The molecule has 2 aromatic carbocycles. The summed E-state index contributed by atoms with van der Waals surface area (Å²) < 4.78 is 8.07. The number of rotatable bonds is 4. The second-order valence-corrected chi connectivity index (χ2v) is 8.37. The van der Waals surface area contributed by atoms with Crippen molar-refractivity contribution >= 4 is 34.3 Å². The number of pyridine rings is 1. The molecule has 0 saturated carbocycles. The first-order valence-corrected chi connectivity index (χ1v) is 11.1. The highest BCUT2D eigenvalue weighted by Crippen LogP contribution is 2.32. The van der Waals surface area contributed by atoms with Crippen molar-refractivity contribution in [1.82, 2.24) is 19.5 Å². The third-order valence-corrected chi connectivity index (χ3v) is 6.21. The van der Waals surface area contributed by atoms with E-state index in [1.165, 1.54) is 16.8 Å². The second-order valence-electron chi connectivity index (χ2n) is 8.37. The summed E-state index contributed by atoms with van der Waals surface area (Å²) in [4.78, 5) is 39.5. The van der Waals surface area contributed by atoms with E-state index in [0.717, 1.165) is 11.3 Å². The topological polar surface area (TPSA) is 155 Å². The van der Waals surface area contributed by atoms with Crippen LogP contribution in [0, 0.1) is 0 Å². The largest absolute Gasteiger partial charge is 0.380 e. The van der Waals surface area contributed by atoms with Crippen molar-refractivity contribution < 1.29 is 14.1 Å². The lowest BCUT2D eigenvalue weighted by Crippen LogP contribution is -2.30. The Kier molecular flexibility index (Phi) is 4.71. The maximum atomic E-state index is 13.7. The van der Waals surface area contributed by atoms with E-state index >= 15 is 0 Å². The van der Waals surface area contributed by atoms with Gasteiger partial charge in [0, 0.05) is 36.2 Å². The average molecular weight is 481 g/mol. The molecule has 4 heterocycles. The number of aromatic nitrogens is 4. The molecule has 3 aromatic heterocycles. The smallest absolute Gasteiger partial charge is 0.277 e. The van der Waals surface area contributed by atoms with E-state index in [-0.39, 0.29) is 28.7 Å². The van der Waals surface area contributed by atoms with Gasteiger partial charge in [-0.1, -0.05) is 11.2 Å². The van der Waals surface area contributed by atoms with Crippen LogP contribution in [0.2, 0.25) is 0 Å². The van der Waals surface area contributed by atoms with E-state index in [1.54, 1.807) is 52.1 Å². The minimum absolute atomic E-state index is 0.0463. The molecule has 0 radical (unpaired) electrons. The van der Waals surface area contributed by atoms with E-state index in [1.807, 2.05) is 12.1 Å². The third-order valence-electron chi connectivity index (χ3n) is 6.21. The Morgan fingerprint density at radius 1 is 1.00 bits per heavy atom. The Hall–Kier alpha value is -5.19. The first-order valence-electron chi connectivity index (χ1n) is 11.1. The van der Waals surface area contributed by atoms with Gasteiger partial charge in [0.25, 0.3) is 17.4 Å². The van der Waals surface area contributed by atoms with Crippen LogP contribution < -0.4 is 21.9 Å². The lowest BCUT2D eigenvalue weighted by Gasteiger charge is -2.18. The van der Waals surface area contributed by atoms with E-state index in [2.05, 4.69) is 10.3 Å². The summed E-state index contributed by atoms with van der Waals surface area (Å²) in [5, 5.41) is 8.58. The van der Waals surface area contributed by atoms with E-state index in [0.29, 0.717) is 35.3 Å². The highest BCUT2D eigenvalue weighted by atomic mass is 16.5. The molecule has 11 heteroatoms. The minimum Gasteiger partial charge on any atom is -0.380 e. The number of nitrogens with two attached hydrogens (primary N) is 2. The minimum atomic E-state index is -0.756. The number of amides is 2. The lowest BCUT2D eigenvalue weighted by molar-refractivity contribution is 0.0979. The molecule has 1 aliphatic rings. The molecular weight excluding hydrogens is 462 g/mol. The predicted octanol–water partition coefficient (Wildman–Crippen LogP) is 2.05. The molecular formula is C25H19N7O4. The molecule has 11 nitrogen and oxygen atoms in total. The van der Waals surface area contributed by atoms with Crippen LogP contribution in [-0.4, -0.2) is 37.9 Å². The molecule has 1 aliphatic heterocycles. The van der Waals surface area contributed by atoms with E-state index < -0.39 is 5.91 Å². The van der Waals surface area contributed by atoms with Crippen molar-refractivity contribution in [2.45, 2.75) is 6.42 Å². The van der Waals surface area contributed by atoms with Crippen LogP contribution in [0.5, 0.6) is 0 Å². The molecule has 6 rings (SSSR count). The number of benzene rings is 2. The zero-order valence-corrected chi connectivity index (χ0v) is 18.8. The van der Waals surface area contributed by atoms with Gasteiger partial charge in [0.1, 0.15) is 5.69 Å². The van der Waals surface area contributed by atoms with Gasteiger partial charge in [-0.15, -0.1) is 0 Å². The van der Waals surface area contributed by atoms with Crippen LogP contribution in [0.25, 0.3) is 22.3 Å². The van der Waals surface area contributed by atoms with Gasteiger partial charge < -0.3 is 20.9 Å². The number of carbonyl (C=O) groups is 2. The molecule has 2 amide bonds. The first kappa shape index (κ1) is 21.4. The van der Waals surface area contributed by atoms with Gasteiger partial charge in [-0.2, -0.15) is 5.10 Å². The Morgan fingerprint density at radius 2 is 1.83 bits per heavy atom. The number of fused-ring (bicyclic) bond motifs is 2. The summed E-state index contributed by atoms with van der Waals surface area (Å²) in [5.41, 5.74) is 14.7. The van der Waals surface area contributed by atoms with Crippen LogP contribution >= 0.6 is 0 Å². The van der Waals surface area contributed by atoms with Crippen LogP contribution in [0.4, 0.5) is 11.5 Å². The normalized spacial score (nSPS) is 12.7. The SMILES string of the molecule is NC(=O)c1cc(C(=O)N2CCc3cc(-n4ccccc4=O)ccc32)n(-c2ccc3onc(N)c3c2)n1. The summed E-state index contributed by atoms with van der Waals surface area (Å²) in [6.45, 7) is 0.427. The van der Waals surface area contributed by atoms with Gasteiger partial charge in [0.05, 0.1) is 11.1 Å². The monoisotopic (exact) mass is 481 g/mol. The highest BCUT2D eigenvalue weighted by molar-refractivity contribution is 6.08. The van der Waals surface area contributed by atoms with Gasteiger partial charge in [0.2, 0.25) is 0 Å². The fraction of sp³-hybridized carbons (Fsp3) is 0.0800. The van der Waals surface area contributed by atoms with Crippen molar-refractivity contribution in [2.24, 2.45) is 5.73 Å². The number of carbonyl (C=O) groups excluding carboxylic acids is 2. The van der Waals surface area contributed by atoms with Crippen molar-refractivity contribution in [1.29, 1.82) is 0 Å². The zero-order valence-electron chi connectivity index (χ0n) is 18.8. The molecule has 0 saturated heterocycles. The van der Waals surface area contributed by atoms with Gasteiger partial charge >= 0.3 is 0 Å². The number of nitrogen functional groups attached to an aromatic ring is 1. The maximum Gasteiger partial charge on any atom is 0.277 e. The number of anilines is 2. The molecule has 0 aliphatic carbocycles. The average Bonchev–Trinajstić information content (AvgIpc) is 3.60. The maximum absolute atomic E-state index is 13.7. The van der Waals surface area contributed by atoms with Gasteiger partial charge in [-0.3, -0.25) is 19.0 Å². The van der Waals surface area contributed by atoms with Crippen LogP contribution in [0.1, 0.15) is 26.5 Å². The Labute approximate surface area is 203 Å². The first-order chi connectivity index (χ1) is 17.4. The number of hydrogen-bond donors (Lipinski definition) is 2.